The van der Waals surface area contributed by atoms with Gasteiger partial charge in [-0.05, 0) is 80.5 Å². The number of aryl methyl sites for hydroxylation is 3. The van der Waals surface area contributed by atoms with Crippen LogP contribution in [-0.2, 0) is 6.54 Å². The van der Waals surface area contributed by atoms with Crippen molar-refractivity contribution in [3.05, 3.63) is 72.6 Å². The molecule has 0 aliphatic rings. The molecule has 0 radical (unpaired) electrons. The Kier molecular flexibility index (Phi) is 7.41. The highest BCUT2D eigenvalue weighted by molar-refractivity contribution is 9.10. The molecule has 0 saturated carbocycles. The predicted octanol–water partition coefficient (Wildman–Crippen LogP) is 5.44. The number of hydrogen-bond acceptors (Lipinski definition) is 2. The van der Waals surface area contributed by atoms with Crippen molar-refractivity contribution in [1.82, 2.24) is 10.3 Å². The summed E-state index contributed by atoms with van der Waals surface area (Å²) in [5.74, 6) is 0.371. The van der Waals surface area contributed by atoms with Gasteiger partial charge >= 0.3 is 0 Å². The van der Waals surface area contributed by atoms with Gasteiger partial charge in [-0.25, -0.2) is 0 Å². The minimum atomic E-state index is -0.184. The third kappa shape index (κ3) is 5.44. The van der Waals surface area contributed by atoms with Crippen LogP contribution in [0.2, 0.25) is 0 Å². The van der Waals surface area contributed by atoms with E-state index in [9.17, 15) is 9.59 Å². The summed E-state index contributed by atoms with van der Waals surface area (Å²) in [6.45, 7) is 12.3. The van der Waals surface area contributed by atoms with Gasteiger partial charge in [0.1, 0.15) is 0 Å². The molecule has 0 fully saturated rings. The second-order valence-electron chi connectivity index (χ2n) is 7.79. The second-order valence-corrected chi connectivity index (χ2v) is 8.70. The SMILES string of the molecule is C/C(=C/CC(C)C)c1c(C)cc(Br)cc1C(=O)NCc1c(C)cc(C)[nH]c1=O. The monoisotopic (exact) mass is 444 g/mol. The molecule has 0 spiro atoms. The number of aromatic amines is 1. The Balaban J connectivity index is 2.35. The average molecular weight is 445 g/mol. The van der Waals surface area contributed by atoms with Gasteiger partial charge in [0.15, 0.2) is 0 Å². The van der Waals surface area contributed by atoms with Gasteiger partial charge in [0.2, 0.25) is 0 Å². The molecule has 2 N–H and O–H groups in total. The van der Waals surface area contributed by atoms with Gasteiger partial charge in [-0.15, -0.1) is 0 Å². The fraction of sp³-hybridized carbons (Fsp3) is 0.391. The minimum Gasteiger partial charge on any atom is -0.348 e. The van der Waals surface area contributed by atoms with Crippen molar-refractivity contribution >= 4 is 27.4 Å². The number of aromatic nitrogens is 1. The van der Waals surface area contributed by atoms with E-state index in [0.29, 0.717) is 17.0 Å². The largest absolute Gasteiger partial charge is 0.348 e. The summed E-state index contributed by atoms with van der Waals surface area (Å²) in [6.07, 6.45) is 3.15. The molecule has 1 aromatic heterocycles. The summed E-state index contributed by atoms with van der Waals surface area (Å²) < 4.78 is 0.861. The standard InChI is InChI=1S/C23H29BrN2O2/c1-13(2)7-8-14(3)21-16(5)10-18(24)11-19(21)22(27)25-12-20-15(4)9-17(6)26-23(20)28/h8-11,13H,7,12H2,1-6H3,(H,25,27)(H,26,28)/b14-8-. The quantitative estimate of drug-likeness (QED) is 0.622. The van der Waals surface area contributed by atoms with E-state index >= 15 is 0 Å². The molecule has 4 nitrogen and oxygen atoms in total. The average Bonchev–Trinajstić information content (AvgIpc) is 2.57. The zero-order chi connectivity index (χ0) is 21.0. The number of H-pyrrole nitrogens is 1. The van der Waals surface area contributed by atoms with Crippen molar-refractivity contribution in [3.63, 3.8) is 0 Å². The maximum absolute atomic E-state index is 13.0. The van der Waals surface area contributed by atoms with Crippen LogP contribution >= 0.6 is 15.9 Å². The van der Waals surface area contributed by atoms with Crippen molar-refractivity contribution in [2.24, 2.45) is 5.92 Å². The first-order valence-electron chi connectivity index (χ1n) is 9.55. The number of nitrogens with one attached hydrogen (secondary N) is 2. The van der Waals surface area contributed by atoms with Crippen molar-refractivity contribution in [3.8, 4) is 0 Å². The van der Waals surface area contributed by atoms with Crippen molar-refractivity contribution in [2.45, 2.75) is 54.5 Å². The summed E-state index contributed by atoms with van der Waals surface area (Å²) >= 11 is 3.50. The molecule has 1 aromatic carbocycles. The first kappa shape index (κ1) is 22.2. The van der Waals surface area contributed by atoms with Crippen molar-refractivity contribution < 1.29 is 4.79 Å². The van der Waals surface area contributed by atoms with E-state index in [-0.39, 0.29) is 18.0 Å². The Morgan fingerprint density at radius 3 is 2.46 bits per heavy atom. The number of rotatable bonds is 6. The normalized spacial score (nSPS) is 11.8. The Labute approximate surface area is 175 Å². The van der Waals surface area contributed by atoms with E-state index in [1.165, 1.54) is 0 Å². The zero-order valence-corrected chi connectivity index (χ0v) is 19.1. The molecule has 0 bridgehead atoms. The second kappa shape index (κ2) is 9.37. The fourth-order valence-corrected chi connectivity index (χ4v) is 3.90. The molecule has 150 valence electrons. The molecule has 28 heavy (non-hydrogen) atoms. The van der Waals surface area contributed by atoms with Gasteiger partial charge in [0.25, 0.3) is 11.5 Å². The summed E-state index contributed by atoms with van der Waals surface area (Å²) in [5, 5.41) is 2.92. The number of allylic oxidation sites excluding steroid dienone is 2. The van der Waals surface area contributed by atoms with Gasteiger partial charge in [0, 0.05) is 27.8 Å². The number of halogens is 1. The van der Waals surface area contributed by atoms with E-state index in [1.807, 2.05) is 45.9 Å². The highest BCUT2D eigenvalue weighted by Crippen LogP contribution is 2.28. The van der Waals surface area contributed by atoms with Crippen LogP contribution < -0.4 is 10.9 Å². The molecule has 0 aliphatic carbocycles. The number of carbonyl (C=O) groups is 1. The molecule has 1 amide bonds. The number of amides is 1. The summed E-state index contributed by atoms with van der Waals surface area (Å²) in [7, 11) is 0. The fourth-order valence-electron chi connectivity index (χ4n) is 3.33. The molecule has 5 heteroatoms. The first-order chi connectivity index (χ1) is 13.1. The Bertz CT molecular complexity index is 971. The topological polar surface area (TPSA) is 62.0 Å². The van der Waals surface area contributed by atoms with E-state index in [2.05, 4.69) is 46.2 Å². The zero-order valence-electron chi connectivity index (χ0n) is 17.5. The van der Waals surface area contributed by atoms with Gasteiger partial charge in [-0.3, -0.25) is 9.59 Å². The maximum Gasteiger partial charge on any atom is 0.253 e. The lowest BCUT2D eigenvalue weighted by Gasteiger charge is -2.15. The van der Waals surface area contributed by atoms with E-state index < -0.39 is 0 Å². The number of carbonyl (C=O) groups excluding carboxylic acids is 1. The van der Waals surface area contributed by atoms with E-state index in [1.54, 1.807) is 0 Å². The van der Waals surface area contributed by atoms with Crippen LogP contribution in [0.4, 0.5) is 0 Å². The molecular formula is C23H29BrN2O2. The van der Waals surface area contributed by atoms with Crippen LogP contribution in [-0.4, -0.2) is 10.9 Å². The van der Waals surface area contributed by atoms with Crippen LogP contribution in [0.3, 0.4) is 0 Å². The van der Waals surface area contributed by atoms with Crippen LogP contribution in [0.5, 0.6) is 0 Å². The summed E-state index contributed by atoms with van der Waals surface area (Å²) in [4.78, 5) is 28.0. The van der Waals surface area contributed by atoms with Gasteiger partial charge in [-0.2, -0.15) is 0 Å². The van der Waals surface area contributed by atoms with E-state index in [0.717, 1.165) is 38.9 Å². The molecule has 2 rings (SSSR count). The number of pyridine rings is 1. The number of benzene rings is 1. The molecule has 0 unspecified atom stereocenters. The maximum atomic E-state index is 13.0. The molecule has 2 aromatic rings. The van der Waals surface area contributed by atoms with Crippen LogP contribution in [0.1, 0.15) is 65.5 Å². The third-order valence-corrected chi connectivity index (χ3v) is 5.21. The smallest absolute Gasteiger partial charge is 0.253 e. The van der Waals surface area contributed by atoms with Gasteiger partial charge in [0.05, 0.1) is 0 Å². The summed E-state index contributed by atoms with van der Waals surface area (Å²) in [5.41, 5.74) is 5.82. The minimum absolute atomic E-state index is 0.156. The van der Waals surface area contributed by atoms with Crippen LogP contribution in [0, 0.1) is 26.7 Å². The van der Waals surface area contributed by atoms with E-state index in [4.69, 9.17) is 0 Å². The van der Waals surface area contributed by atoms with Crippen molar-refractivity contribution in [2.75, 3.05) is 0 Å². The van der Waals surface area contributed by atoms with Crippen LogP contribution in [0.15, 0.2) is 33.5 Å². The van der Waals surface area contributed by atoms with Crippen molar-refractivity contribution in [1.29, 1.82) is 0 Å². The lowest BCUT2D eigenvalue weighted by Crippen LogP contribution is -2.28. The molecule has 0 aliphatic heterocycles. The summed E-state index contributed by atoms with van der Waals surface area (Å²) in [6, 6.07) is 5.78. The highest BCUT2D eigenvalue weighted by Gasteiger charge is 2.17. The molecular weight excluding hydrogens is 416 g/mol. The molecule has 1 heterocycles. The molecule has 0 saturated heterocycles. The highest BCUT2D eigenvalue weighted by atomic mass is 79.9. The Morgan fingerprint density at radius 2 is 1.86 bits per heavy atom. The number of hydrogen-bond donors (Lipinski definition) is 2. The molecule has 0 atom stereocenters. The lowest BCUT2D eigenvalue weighted by molar-refractivity contribution is 0.0950. The Hall–Kier alpha value is -2.14. The van der Waals surface area contributed by atoms with Gasteiger partial charge < -0.3 is 10.3 Å². The Morgan fingerprint density at radius 1 is 1.18 bits per heavy atom. The van der Waals surface area contributed by atoms with Crippen LogP contribution in [0.25, 0.3) is 5.57 Å². The first-order valence-corrected chi connectivity index (χ1v) is 10.3. The predicted molar refractivity (Wildman–Crippen MR) is 120 cm³/mol. The van der Waals surface area contributed by atoms with Gasteiger partial charge in [-0.1, -0.05) is 35.9 Å². The lowest BCUT2D eigenvalue weighted by atomic mass is 9.93. The third-order valence-electron chi connectivity index (χ3n) is 4.75.